The van der Waals surface area contributed by atoms with E-state index in [1.807, 2.05) is 13.8 Å². The standard InChI is InChI=1S/C17H26Cl2N2O5S/c1-11(2)8-15(21-27(5,23)24)16(22)20-10-17(25-3,26-4)13-7-6-12(18)9-14(13)19/h6-7,9,11,15,21H,8,10H2,1-5H3,(H,20,22). The second-order valence-electron chi connectivity index (χ2n) is 6.58. The van der Waals surface area contributed by atoms with Gasteiger partial charge in [-0.25, -0.2) is 13.1 Å². The molecule has 154 valence electrons. The molecular weight excluding hydrogens is 415 g/mol. The number of amides is 1. The molecule has 0 fully saturated rings. The van der Waals surface area contributed by atoms with Crippen LogP contribution in [0.4, 0.5) is 0 Å². The maximum absolute atomic E-state index is 12.6. The van der Waals surface area contributed by atoms with Crippen molar-refractivity contribution in [2.24, 2.45) is 5.92 Å². The lowest BCUT2D eigenvalue weighted by Gasteiger charge is -2.33. The molecule has 0 aliphatic rings. The number of carbonyl (C=O) groups excluding carboxylic acids is 1. The zero-order chi connectivity index (χ0) is 20.8. The SMILES string of the molecule is COC(CNC(=O)C(CC(C)C)NS(C)(=O)=O)(OC)c1ccc(Cl)cc1Cl. The van der Waals surface area contributed by atoms with Crippen LogP contribution in [-0.4, -0.2) is 47.4 Å². The Morgan fingerprint density at radius 2 is 1.81 bits per heavy atom. The van der Waals surface area contributed by atoms with E-state index < -0.39 is 27.8 Å². The van der Waals surface area contributed by atoms with E-state index in [1.54, 1.807) is 18.2 Å². The molecule has 0 saturated carbocycles. The second-order valence-corrected chi connectivity index (χ2v) is 9.20. The lowest BCUT2D eigenvalue weighted by Crippen LogP contribution is -2.51. The molecule has 0 aliphatic carbocycles. The van der Waals surface area contributed by atoms with Crippen LogP contribution in [0.15, 0.2) is 18.2 Å². The maximum atomic E-state index is 12.6. The first-order chi connectivity index (χ1) is 12.4. The van der Waals surface area contributed by atoms with E-state index in [-0.39, 0.29) is 12.5 Å². The minimum Gasteiger partial charge on any atom is -0.349 e. The zero-order valence-electron chi connectivity index (χ0n) is 16.0. The molecule has 0 saturated heterocycles. The van der Waals surface area contributed by atoms with Crippen molar-refractivity contribution in [3.63, 3.8) is 0 Å². The highest BCUT2D eigenvalue weighted by Gasteiger charge is 2.36. The van der Waals surface area contributed by atoms with Crippen LogP contribution in [0, 0.1) is 5.92 Å². The third kappa shape index (κ3) is 7.21. The first-order valence-corrected chi connectivity index (χ1v) is 10.9. The number of methoxy groups -OCH3 is 2. The monoisotopic (exact) mass is 440 g/mol. The summed E-state index contributed by atoms with van der Waals surface area (Å²) >= 11 is 12.2. The Morgan fingerprint density at radius 1 is 1.22 bits per heavy atom. The minimum atomic E-state index is -3.55. The number of ether oxygens (including phenoxy) is 2. The number of benzene rings is 1. The van der Waals surface area contributed by atoms with E-state index in [0.29, 0.717) is 22.0 Å². The Balaban J connectivity index is 3.04. The molecule has 10 heteroatoms. The number of halogens is 2. The van der Waals surface area contributed by atoms with Gasteiger partial charge in [0.2, 0.25) is 21.7 Å². The molecule has 1 unspecified atom stereocenters. The van der Waals surface area contributed by atoms with Gasteiger partial charge in [-0.2, -0.15) is 0 Å². The highest BCUT2D eigenvalue weighted by Crippen LogP contribution is 2.33. The highest BCUT2D eigenvalue weighted by molar-refractivity contribution is 7.88. The summed E-state index contributed by atoms with van der Waals surface area (Å²) in [5.41, 5.74) is 0.482. The second kappa shape index (κ2) is 10.0. The Hall–Kier alpha value is -0.900. The van der Waals surface area contributed by atoms with Gasteiger partial charge in [0.15, 0.2) is 0 Å². The van der Waals surface area contributed by atoms with Crippen LogP contribution >= 0.6 is 23.2 Å². The molecule has 1 amide bonds. The van der Waals surface area contributed by atoms with Gasteiger partial charge >= 0.3 is 0 Å². The number of carbonyl (C=O) groups is 1. The van der Waals surface area contributed by atoms with Gasteiger partial charge in [0.25, 0.3) is 0 Å². The Bertz CT molecular complexity index is 752. The van der Waals surface area contributed by atoms with Crippen molar-refractivity contribution < 1.29 is 22.7 Å². The van der Waals surface area contributed by atoms with E-state index in [2.05, 4.69) is 10.0 Å². The van der Waals surface area contributed by atoms with Crippen LogP contribution in [-0.2, 0) is 30.1 Å². The third-order valence-corrected chi connectivity index (χ3v) is 5.14. The molecule has 27 heavy (non-hydrogen) atoms. The number of hydrogen-bond acceptors (Lipinski definition) is 5. The van der Waals surface area contributed by atoms with Crippen LogP contribution < -0.4 is 10.0 Å². The zero-order valence-corrected chi connectivity index (χ0v) is 18.3. The summed E-state index contributed by atoms with van der Waals surface area (Å²) in [6.07, 6.45) is 1.35. The van der Waals surface area contributed by atoms with E-state index >= 15 is 0 Å². The fourth-order valence-electron chi connectivity index (χ4n) is 2.61. The first-order valence-electron chi connectivity index (χ1n) is 8.25. The predicted molar refractivity (Wildman–Crippen MR) is 106 cm³/mol. The molecule has 0 spiro atoms. The summed E-state index contributed by atoms with van der Waals surface area (Å²) in [6.45, 7) is 3.71. The van der Waals surface area contributed by atoms with Gasteiger partial charge < -0.3 is 14.8 Å². The van der Waals surface area contributed by atoms with E-state index in [9.17, 15) is 13.2 Å². The van der Waals surface area contributed by atoms with Crippen molar-refractivity contribution in [2.45, 2.75) is 32.1 Å². The molecule has 2 N–H and O–H groups in total. The molecule has 0 aliphatic heterocycles. The van der Waals surface area contributed by atoms with Gasteiger partial charge in [-0.05, 0) is 24.5 Å². The van der Waals surface area contributed by atoms with Crippen LogP contribution in [0.3, 0.4) is 0 Å². The van der Waals surface area contributed by atoms with Crippen molar-refractivity contribution in [3.05, 3.63) is 33.8 Å². The fraction of sp³-hybridized carbons (Fsp3) is 0.588. The van der Waals surface area contributed by atoms with Crippen molar-refractivity contribution in [2.75, 3.05) is 27.0 Å². The molecular formula is C17H26Cl2N2O5S. The number of sulfonamides is 1. The fourth-order valence-corrected chi connectivity index (χ4v) is 3.88. The molecule has 1 rings (SSSR count). The third-order valence-electron chi connectivity index (χ3n) is 3.88. The average Bonchev–Trinajstić information content (AvgIpc) is 2.54. The summed E-state index contributed by atoms with van der Waals surface area (Å²) in [7, 11) is -0.716. The summed E-state index contributed by atoms with van der Waals surface area (Å²) in [5.74, 6) is -1.74. The Labute approximate surface area is 170 Å². The van der Waals surface area contributed by atoms with Crippen LogP contribution in [0.5, 0.6) is 0 Å². The lowest BCUT2D eigenvalue weighted by molar-refractivity contribution is -0.212. The number of nitrogens with one attached hydrogen (secondary N) is 2. The van der Waals surface area contributed by atoms with Crippen LogP contribution in [0.2, 0.25) is 10.0 Å². The van der Waals surface area contributed by atoms with E-state index in [1.165, 1.54) is 14.2 Å². The number of rotatable bonds is 10. The highest BCUT2D eigenvalue weighted by atomic mass is 35.5. The topological polar surface area (TPSA) is 93.7 Å². The number of hydrogen-bond donors (Lipinski definition) is 2. The largest absolute Gasteiger partial charge is 0.349 e. The van der Waals surface area contributed by atoms with E-state index in [0.717, 1.165) is 6.26 Å². The molecule has 7 nitrogen and oxygen atoms in total. The first kappa shape index (κ1) is 24.1. The van der Waals surface area contributed by atoms with Crippen molar-refractivity contribution in [1.29, 1.82) is 0 Å². The summed E-state index contributed by atoms with van der Waals surface area (Å²) in [6, 6.07) is 3.90. The van der Waals surface area contributed by atoms with Crippen LogP contribution in [0.1, 0.15) is 25.8 Å². The Morgan fingerprint density at radius 3 is 2.26 bits per heavy atom. The van der Waals surface area contributed by atoms with Gasteiger partial charge in [0.1, 0.15) is 6.04 Å². The van der Waals surface area contributed by atoms with E-state index in [4.69, 9.17) is 32.7 Å². The normalized spacial score (nSPS) is 13.6. The molecule has 1 atom stereocenters. The predicted octanol–water partition coefficient (Wildman–Crippen LogP) is 2.52. The molecule has 1 aromatic carbocycles. The van der Waals surface area contributed by atoms with Gasteiger partial charge in [-0.3, -0.25) is 4.79 Å². The summed E-state index contributed by atoms with van der Waals surface area (Å²) in [5, 5.41) is 3.45. The van der Waals surface area contributed by atoms with Crippen molar-refractivity contribution in [3.8, 4) is 0 Å². The molecule has 0 radical (unpaired) electrons. The van der Waals surface area contributed by atoms with Crippen molar-refractivity contribution in [1.82, 2.24) is 10.0 Å². The Kier molecular flexibility index (Phi) is 8.98. The molecule has 0 aromatic heterocycles. The van der Waals surface area contributed by atoms with Gasteiger partial charge in [-0.15, -0.1) is 0 Å². The molecule has 0 heterocycles. The van der Waals surface area contributed by atoms with Gasteiger partial charge in [0.05, 0.1) is 17.8 Å². The quantitative estimate of drug-likeness (QED) is 0.545. The minimum absolute atomic E-state index is 0.0831. The smallest absolute Gasteiger partial charge is 0.238 e. The summed E-state index contributed by atoms with van der Waals surface area (Å²) < 4.78 is 36.5. The van der Waals surface area contributed by atoms with Crippen LogP contribution in [0.25, 0.3) is 0 Å². The lowest BCUT2D eigenvalue weighted by atomic mass is 10.0. The average molecular weight is 441 g/mol. The van der Waals surface area contributed by atoms with Gasteiger partial charge in [0, 0.05) is 24.8 Å². The van der Waals surface area contributed by atoms with Crippen molar-refractivity contribution >= 4 is 39.1 Å². The summed E-state index contributed by atoms with van der Waals surface area (Å²) in [4.78, 5) is 12.6. The molecule has 0 bridgehead atoms. The maximum Gasteiger partial charge on any atom is 0.238 e. The van der Waals surface area contributed by atoms with Gasteiger partial charge in [-0.1, -0.05) is 43.1 Å². The molecule has 1 aromatic rings.